The molecule has 0 aliphatic carbocycles. The number of rotatable bonds is 5. The van der Waals surface area contributed by atoms with E-state index in [-0.39, 0.29) is 26.7 Å². The SMILES string of the molecule is COC(/C=C\n1cc(F)c(NO)nc1=O)CO.[Ir]. The third-order valence-electron chi connectivity index (χ3n) is 1.96. The van der Waals surface area contributed by atoms with E-state index in [0.29, 0.717) is 0 Å². The van der Waals surface area contributed by atoms with Crippen molar-refractivity contribution in [2.24, 2.45) is 0 Å². The van der Waals surface area contributed by atoms with E-state index in [1.807, 2.05) is 0 Å². The predicted octanol–water partition coefficient (Wildman–Crippen LogP) is -0.341. The number of anilines is 1. The van der Waals surface area contributed by atoms with Crippen molar-refractivity contribution < 1.29 is 39.5 Å². The second-order valence-electron chi connectivity index (χ2n) is 3.04. The number of hydrogen-bond acceptors (Lipinski definition) is 6. The van der Waals surface area contributed by atoms with Crippen molar-refractivity contribution in [2.45, 2.75) is 6.10 Å². The molecule has 1 aromatic heterocycles. The van der Waals surface area contributed by atoms with Gasteiger partial charge in [0.15, 0.2) is 11.6 Å². The molecule has 0 saturated heterocycles. The average molecular weight is 437 g/mol. The Balaban J connectivity index is 0.00000289. The summed E-state index contributed by atoms with van der Waals surface area (Å²) in [4.78, 5) is 14.6. The number of aliphatic hydroxyl groups is 1. The van der Waals surface area contributed by atoms with Crippen molar-refractivity contribution in [3.8, 4) is 0 Å². The van der Waals surface area contributed by atoms with Gasteiger partial charge in [-0.15, -0.1) is 0 Å². The van der Waals surface area contributed by atoms with Gasteiger partial charge in [0.1, 0.15) is 0 Å². The molecule has 0 aliphatic heterocycles. The first kappa shape index (κ1) is 16.9. The van der Waals surface area contributed by atoms with Crippen LogP contribution in [0.5, 0.6) is 0 Å². The van der Waals surface area contributed by atoms with Crippen LogP contribution in [-0.2, 0) is 24.8 Å². The van der Waals surface area contributed by atoms with Crippen LogP contribution in [0.2, 0.25) is 0 Å². The molecule has 3 N–H and O–H groups in total. The Bertz CT molecular complexity index is 462. The molecule has 0 aromatic carbocycles. The van der Waals surface area contributed by atoms with Crippen LogP contribution in [0.3, 0.4) is 0 Å². The number of halogens is 1. The molecular formula is C9H12FIrN3O4. The summed E-state index contributed by atoms with van der Waals surface area (Å²) in [5.41, 5.74) is 0.677. The van der Waals surface area contributed by atoms with Gasteiger partial charge < -0.3 is 9.84 Å². The smallest absolute Gasteiger partial charge is 0.353 e. The summed E-state index contributed by atoms with van der Waals surface area (Å²) in [6.07, 6.45) is 2.83. The van der Waals surface area contributed by atoms with E-state index in [1.54, 1.807) is 0 Å². The topological polar surface area (TPSA) is 96.6 Å². The summed E-state index contributed by atoms with van der Waals surface area (Å²) in [6.45, 7) is -0.270. The molecule has 1 atom stereocenters. The Kier molecular flexibility index (Phi) is 7.56. The van der Waals surface area contributed by atoms with E-state index < -0.39 is 23.4 Å². The van der Waals surface area contributed by atoms with Crippen molar-refractivity contribution in [3.05, 3.63) is 28.6 Å². The van der Waals surface area contributed by atoms with E-state index in [2.05, 4.69) is 4.98 Å². The molecule has 0 fully saturated rings. The zero-order chi connectivity index (χ0) is 12.8. The van der Waals surface area contributed by atoms with Gasteiger partial charge in [0.05, 0.1) is 18.9 Å². The minimum absolute atomic E-state index is 0. The Labute approximate surface area is 115 Å². The quantitative estimate of drug-likeness (QED) is 0.546. The molecule has 0 saturated carbocycles. The minimum atomic E-state index is -0.894. The van der Waals surface area contributed by atoms with E-state index in [9.17, 15) is 9.18 Å². The van der Waals surface area contributed by atoms with Crippen LogP contribution in [0.4, 0.5) is 10.2 Å². The van der Waals surface area contributed by atoms with Crippen molar-refractivity contribution in [2.75, 3.05) is 19.2 Å². The van der Waals surface area contributed by atoms with E-state index >= 15 is 0 Å². The van der Waals surface area contributed by atoms with E-state index in [4.69, 9.17) is 15.1 Å². The monoisotopic (exact) mass is 438 g/mol. The summed E-state index contributed by atoms with van der Waals surface area (Å²) in [7, 11) is 1.38. The van der Waals surface area contributed by atoms with Crippen LogP contribution in [0.25, 0.3) is 6.20 Å². The normalized spacial score (nSPS) is 12.2. The number of nitrogens with one attached hydrogen (secondary N) is 1. The Morgan fingerprint density at radius 2 is 2.39 bits per heavy atom. The van der Waals surface area contributed by atoms with Crippen molar-refractivity contribution in [3.63, 3.8) is 0 Å². The summed E-state index contributed by atoms with van der Waals surface area (Å²) < 4.78 is 18.8. The Morgan fingerprint density at radius 3 is 2.89 bits per heavy atom. The van der Waals surface area contributed by atoms with Crippen LogP contribution >= 0.6 is 0 Å². The van der Waals surface area contributed by atoms with Crippen molar-refractivity contribution in [1.29, 1.82) is 0 Å². The first-order valence-electron chi connectivity index (χ1n) is 4.63. The van der Waals surface area contributed by atoms with Gasteiger partial charge >= 0.3 is 5.69 Å². The van der Waals surface area contributed by atoms with E-state index in [0.717, 1.165) is 10.8 Å². The zero-order valence-electron chi connectivity index (χ0n) is 9.33. The predicted molar refractivity (Wildman–Crippen MR) is 57.1 cm³/mol. The molecule has 1 radical (unpaired) electrons. The van der Waals surface area contributed by atoms with Gasteiger partial charge in [-0.05, 0) is 6.08 Å². The van der Waals surface area contributed by atoms with Crippen molar-refractivity contribution >= 4 is 12.0 Å². The molecule has 7 nitrogen and oxygen atoms in total. The molecule has 1 rings (SSSR count). The minimum Gasteiger partial charge on any atom is -0.393 e. The fraction of sp³-hybridized carbons (Fsp3) is 0.333. The number of nitrogens with zero attached hydrogens (tertiary/aromatic N) is 2. The van der Waals surface area contributed by atoms with Crippen LogP contribution in [0, 0.1) is 5.82 Å². The molecule has 0 spiro atoms. The van der Waals surface area contributed by atoms with Crippen LogP contribution < -0.4 is 11.2 Å². The maximum atomic E-state index is 13.2. The van der Waals surface area contributed by atoms with Gasteiger partial charge in [-0.25, -0.2) is 14.7 Å². The van der Waals surface area contributed by atoms with Gasteiger partial charge in [0, 0.05) is 33.4 Å². The Morgan fingerprint density at radius 1 is 1.72 bits per heavy atom. The standard InChI is InChI=1S/C9H12FN3O4.Ir/c1-17-6(5-14)2-3-13-4-7(10)8(12-16)11-9(13)15;/h2-4,6,14,16H,5H2,1H3,(H,11,12,15);/b3-2-;. The number of hydrogen-bond donors (Lipinski definition) is 3. The average Bonchev–Trinajstić information content (AvgIpc) is 2.34. The molecule has 103 valence electrons. The summed E-state index contributed by atoms with van der Waals surface area (Å²) in [5.74, 6) is -1.44. The number of methoxy groups -OCH3 is 1. The van der Waals surface area contributed by atoms with Gasteiger partial charge in [-0.3, -0.25) is 9.77 Å². The maximum Gasteiger partial charge on any atom is 0.353 e. The largest absolute Gasteiger partial charge is 0.393 e. The van der Waals surface area contributed by atoms with Gasteiger partial charge in [-0.1, -0.05) is 0 Å². The van der Waals surface area contributed by atoms with E-state index in [1.165, 1.54) is 24.9 Å². The fourth-order valence-corrected chi connectivity index (χ4v) is 1.03. The first-order valence-corrected chi connectivity index (χ1v) is 4.63. The van der Waals surface area contributed by atoms with Crippen LogP contribution in [-0.4, -0.2) is 39.7 Å². The Hall–Kier alpha value is -1.12. The first-order chi connectivity index (χ1) is 8.12. The fourth-order valence-electron chi connectivity index (χ4n) is 1.03. The van der Waals surface area contributed by atoms with Gasteiger partial charge in [0.25, 0.3) is 0 Å². The maximum absolute atomic E-state index is 13.2. The molecule has 0 amide bonds. The zero-order valence-corrected chi connectivity index (χ0v) is 11.7. The molecule has 1 heterocycles. The van der Waals surface area contributed by atoms with Crippen LogP contribution in [0.1, 0.15) is 0 Å². The molecule has 0 aliphatic rings. The van der Waals surface area contributed by atoms with Gasteiger partial charge in [-0.2, -0.15) is 4.98 Å². The number of ether oxygens (including phenoxy) is 1. The summed E-state index contributed by atoms with van der Waals surface area (Å²) >= 11 is 0. The summed E-state index contributed by atoms with van der Waals surface area (Å²) in [6, 6.07) is 0. The molecule has 18 heavy (non-hydrogen) atoms. The van der Waals surface area contributed by atoms with Crippen molar-refractivity contribution in [1.82, 2.24) is 9.55 Å². The molecule has 9 heteroatoms. The molecular weight excluding hydrogens is 425 g/mol. The molecule has 1 aromatic rings. The number of aliphatic hydroxyl groups excluding tert-OH is 1. The third kappa shape index (κ3) is 4.28. The second kappa shape index (κ2) is 8.06. The second-order valence-corrected chi connectivity index (χ2v) is 3.04. The summed E-state index contributed by atoms with van der Waals surface area (Å²) in [5, 5.41) is 17.3. The van der Waals surface area contributed by atoms with Crippen LogP contribution in [0.15, 0.2) is 17.1 Å². The third-order valence-corrected chi connectivity index (χ3v) is 1.96. The number of aromatic nitrogens is 2. The van der Waals surface area contributed by atoms with Gasteiger partial charge in [0.2, 0.25) is 0 Å². The molecule has 0 bridgehead atoms. The molecule has 1 unspecified atom stereocenters.